The number of phosphoric acid groups is 1. The van der Waals surface area contributed by atoms with Crippen LogP contribution in [0.4, 0.5) is 0 Å². The Morgan fingerprint density at radius 1 is 0.500 bits per heavy atom. The van der Waals surface area contributed by atoms with Crippen molar-refractivity contribution in [3.8, 4) is 0 Å². The number of ether oxygens (including phenoxy) is 1. The molecule has 0 bridgehead atoms. The van der Waals surface area contributed by atoms with Gasteiger partial charge in [-0.15, -0.1) is 0 Å². The first kappa shape index (κ1) is 69.5. The van der Waals surface area contributed by atoms with E-state index < -0.39 is 26.6 Å². The van der Waals surface area contributed by atoms with Crippen molar-refractivity contribution in [2.75, 3.05) is 40.9 Å². The molecule has 1 N–H and O–H groups in total. The van der Waals surface area contributed by atoms with Crippen LogP contribution in [0, 0.1) is 0 Å². The number of rotatable bonds is 53. The van der Waals surface area contributed by atoms with Gasteiger partial charge in [-0.1, -0.05) is 222 Å². The Morgan fingerprint density at radius 2 is 0.889 bits per heavy atom. The molecule has 0 heterocycles. The zero-order chi connectivity index (χ0) is 52.9. The lowest BCUT2D eigenvalue weighted by Gasteiger charge is -2.30. The highest BCUT2D eigenvalue weighted by molar-refractivity contribution is 7.45. The minimum absolute atomic E-state index is 0.0276. The number of phosphoric ester groups is 1. The predicted molar refractivity (Wildman–Crippen MR) is 307 cm³/mol. The maximum absolute atomic E-state index is 13.5. The molecule has 3 unspecified atom stereocenters. The van der Waals surface area contributed by atoms with Crippen LogP contribution in [0.2, 0.25) is 0 Å². The molecule has 0 saturated carbocycles. The van der Waals surface area contributed by atoms with Crippen LogP contribution in [-0.2, 0) is 27.9 Å². The number of allylic oxidation sites excluding steroid dienone is 11. The molecule has 0 aliphatic carbocycles. The third-order valence-corrected chi connectivity index (χ3v) is 13.8. The summed E-state index contributed by atoms with van der Waals surface area (Å²) in [4.78, 5) is 39.9. The molecule has 0 aromatic heterocycles. The number of esters is 1. The molecule has 418 valence electrons. The number of amides is 1. The van der Waals surface area contributed by atoms with Gasteiger partial charge >= 0.3 is 5.97 Å². The molecule has 10 heteroatoms. The Hall–Kier alpha value is -2.55. The van der Waals surface area contributed by atoms with Gasteiger partial charge in [0, 0.05) is 12.8 Å². The predicted octanol–water partition coefficient (Wildman–Crippen LogP) is 17.4. The van der Waals surface area contributed by atoms with Crippen molar-refractivity contribution in [3.05, 3.63) is 72.9 Å². The zero-order valence-electron chi connectivity index (χ0n) is 47.6. The SMILES string of the molecule is CC/C=C/C/C=C/CCCCCCCCCC(=O)NC(COP(=O)([O-])OCC[N+](C)(C)C)C(/C=C\CCCCCCCCCCC)OC(=O)CCCCCCCCCC/C=C\C/C=C\C/C=C\CCCCC. The maximum Gasteiger partial charge on any atom is 0.306 e. The average Bonchev–Trinajstić information content (AvgIpc) is 3.34. The van der Waals surface area contributed by atoms with E-state index in [0.717, 1.165) is 109 Å². The highest BCUT2D eigenvalue weighted by Crippen LogP contribution is 2.38. The highest BCUT2D eigenvalue weighted by Gasteiger charge is 2.27. The Morgan fingerprint density at radius 3 is 1.36 bits per heavy atom. The standard InChI is InChI=1S/C62H113N2O7P/c1-7-10-13-16-19-22-25-27-29-30-31-32-33-34-35-37-40-43-46-49-52-55-62(66)71-60(53-50-47-44-41-38-24-21-18-15-12-9-3)59(58-70-72(67,68)69-57-56-64(4,5)6)63-61(65)54-51-48-45-42-39-36-28-26-23-20-17-14-11-8-2/h11,14,19-20,22-23,27,29,31-32,50,53,59-60H,7-10,12-13,15-18,21,24-26,28,30,33-49,51-52,54-58H2,1-6H3,(H-,63,65,67,68)/b14-11+,22-19-,23-20+,29-27-,32-31-,53-50-. The van der Waals surface area contributed by atoms with Gasteiger partial charge in [-0.25, -0.2) is 0 Å². The lowest BCUT2D eigenvalue weighted by atomic mass is 10.1. The van der Waals surface area contributed by atoms with Gasteiger partial charge in [0.1, 0.15) is 19.3 Å². The number of nitrogens with zero attached hydrogens (tertiary/aromatic N) is 1. The summed E-state index contributed by atoms with van der Waals surface area (Å²) in [6.07, 6.45) is 65.8. The molecule has 72 heavy (non-hydrogen) atoms. The molecular formula is C62H113N2O7P. The molecule has 1 amide bonds. The van der Waals surface area contributed by atoms with Crippen LogP contribution in [0.3, 0.4) is 0 Å². The monoisotopic (exact) mass is 1030 g/mol. The normalized spacial score (nSPS) is 14.3. The number of carbonyl (C=O) groups is 2. The van der Waals surface area contributed by atoms with Gasteiger partial charge in [0.15, 0.2) is 0 Å². The summed E-state index contributed by atoms with van der Waals surface area (Å²) in [6, 6.07) is -0.897. The summed E-state index contributed by atoms with van der Waals surface area (Å²) in [7, 11) is 1.17. The van der Waals surface area contributed by atoms with E-state index in [4.69, 9.17) is 13.8 Å². The van der Waals surface area contributed by atoms with E-state index in [9.17, 15) is 19.0 Å². The van der Waals surface area contributed by atoms with Gasteiger partial charge in [0.2, 0.25) is 5.91 Å². The van der Waals surface area contributed by atoms with E-state index in [0.29, 0.717) is 17.4 Å². The molecule has 0 radical (unpaired) electrons. The molecule has 0 aromatic carbocycles. The lowest BCUT2D eigenvalue weighted by molar-refractivity contribution is -0.870. The van der Waals surface area contributed by atoms with Crippen LogP contribution in [0.5, 0.6) is 0 Å². The Kier molecular flexibility index (Phi) is 50.1. The minimum atomic E-state index is -4.70. The van der Waals surface area contributed by atoms with Crippen molar-refractivity contribution in [2.24, 2.45) is 0 Å². The first-order valence-electron chi connectivity index (χ1n) is 29.7. The fourth-order valence-electron chi connectivity index (χ4n) is 8.27. The quantitative estimate of drug-likeness (QED) is 0.0212. The third kappa shape index (κ3) is 52.3. The molecule has 0 aliphatic rings. The van der Waals surface area contributed by atoms with Crippen LogP contribution in [-0.4, -0.2) is 69.4 Å². The second-order valence-electron chi connectivity index (χ2n) is 21.1. The number of quaternary nitrogens is 1. The van der Waals surface area contributed by atoms with Gasteiger partial charge in [0.25, 0.3) is 7.82 Å². The molecule has 0 rings (SSSR count). The topological polar surface area (TPSA) is 114 Å². The van der Waals surface area contributed by atoms with Crippen LogP contribution in [0.15, 0.2) is 72.9 Å². The summed E-state index contributed by atoms with van der Waals surface area (Å²) >= 11 is 0. The van der Waals surface area contributed by atoms with Gasteiger partial charge in [-0.2, -0.15) is 0 Å². The van der Waals surface area contributed by atoms with Gasteiger partial charge in [-0.3, -0.25) is 14.2 Å². The van der Waals surface area contributed by atoms with Crippen molar-refractivity contribution in [1.82, 2.24) is 5.32 Å². The summed E-state index contributed by atoms with van der Waals surface area (Å²) in [5.41, 5.74) is 0. The molecule has 3 atom stereocenters. The fourth-order valence-corrected chi connectivity index (χ4v) is 8.99. The van der Waals surface area contributed by atoms with Crippen molar-refractivity contribution in [3.63, 3.8) is 0 Å². The van der Waals surface area contributed by atoms with Crippen LogP contribution in [0.1, 0.15) is 258 Å². The molecular weight excluding hydrogens is 916 g/mol. The molecule has 0 spiro atoms. The smallest absolute Gasteiger partial charge is 0.306 e. The second-order valence-corrected chi connectivity index (χ2v) is 22.5. The third-order valence-electron chi connectivity index (χ3n) is 12.9. The van der Waals surface area contributed by atoms with E-state index in [1.54, 1.807) is 0 Å². The van der Waals surface area contributed by atoms with E-state index in [2.05, 4.69) is 86.8 Å². The number of unbranched alkanes of at least 4 members (excludes halogenated alkanes) is 27. The van der Waals surface area contributed by atoms with Crippen molar-refractivity contribution < 1.29 is 37.3 Å². The first-order chi connectivity index (χ1) is 34.9. The number of nitrogens with one attached hydrogen (secondary N) is 1. The fraction of sp³-hybridized carbons (Fsp3) is 0.774. The molecule has 0 saturated heterocycles. The van der Waals surface area contributed by atoms with E-state index >= 15 is 0 Å². The van der Waals surface area contributed by atoms with Crippen molar-refractivity contribution in [1.29, 1.82) is 0 Å². The molecule has 0 aliphatic heterocycles. The Balaban J connectivity index is 5.25. The van der Waals surface area contributed by atoms with Gasteiger partial charge in [-0.05, 0) is 96.0 Å². The van der Waals surface area contributed by atoms with Crippen LogP contribution >= 0.6 is 7.82 Å². The molecule has 9 nitrogen and oxygen atoms in total. The summed E-state index contributed by atoms with van der Waals surface area (Å²) in [5, 5.41) is 3.01. The number of hydrogen-bond acceptors (Lipinski definition) is 7. The Bertz CT molecular complexity index is 1460. The molecule has 0 fully saturated rings. The minimum Gasteiger partial charge on any atom is -0.756 e. The summed E-state index contributed by atoms with van der Waals surface area (Å²) < 4.78 is 30.2. The van der Waals surface area contributed by atoms with Crippen molar-refractivity contribution >= 4 is 19.7 Å². The Labute approximate surface area is 444 Å². The average molecular weight is 1030 g/mol. The largest absolute Gasteiger partial charge is 0.756 e. The summed E-state index contributed by atoms with van der Waals surface area (Å²) in [6.45, 7) is 6.69. The number of carbonyl (C=O) groups excluding carboxylic acids is 2. The first-order valence-corrected chi connectivity index (χ1v) is 31.2. The van der Waals surface area contributed by atoms with Gasteiger partial charge in [0.05, 0.1) is 33.8 Å². The zero-order valence-corrected chi connectivity index (χ0v) is 48.5. The maximum atomic E-state index is 13.5. The van der Waals surface area contributed by atoms with E-state index in [-0.39, 0.29) is 24.9 Å². The lowest BCUT2D eigenvalue weighted by Crippen LogP contribution is -2.47. The number of hydrogen-bond donors (Lipinski definition) is 1. The van der Waals surface area contributed by atoms with Gasteiger partial charge < -0.3 is 28.5 Å². The number of likely N-dealkylation sites (N-methyl/N-ethyl adjacent to an activating group) is 1. The van der Waals surface area contributed by atoms with Crippen LogP contribution in [0.25, 0.3) is 0 Å². The second kappa shape index (κ2) is 51.9. The summed E-state index contributed by atoms with van der Waals surface area (Å²) in [5.74, 6) is -0.560. The van der Waals surface area contributed by atoms with Crippen molar-refractivity contribution in [2.45, 2.75) is 270 Å². The van der Waals surface area contributed by atoms with Crippen LogP contribution < -0.4 is 10.2 Å². The molecule has 0 aromatic rings. The van der Waals surface area contributed by atoms with E-state index in [1.807, 2.05) is 33.3 Å². The van der Waals surface area contributed by atoms with E-state index in [1.165, 1.54) is 116 Å². The highest BCUT2D eigenvalue weighted by atomic mass is 31.2.